The highest BCUT2D eigenvalue weighted by molar-refractivity contribution is 5.60. The second-order valence-electron chi connectivity index (χ2n) is 5.65. The van der Waals surface area contributed by atoms with Crippen molar-refractivity contribution in [3.63, 3.8) is 0 Å². The molecule has 0 atom stereocenters. The van der Waals surface area contributed by atoms with E-state index in [1.807, 2.05) is 7.05 Å². The van der Waals surface area contributed by atoms with Gasteiger partial charge >= 0.3 is 0 Å². The number of aromatic nitrogens is 2. The molecule has 2 aromatic heterocycles. The Morgan fingerprint density at radius 2 is 1.41 bits per heavy atom. The summed E-state index contributed by atoms with van der Waals surface area (Å²) < 4.78 is 4.44. The lowest BCUT2D eigenvalue weighted by molar-refractivity contribution is -0.696. The van der Waals surface area contributed by atoms with Crippen LogP contribution in [-0.2, 0) is 13.1 Å². The average molecular weight is 300 g/mol. The molecule has 2 heterocycles. The van der Waals surface area contributed by atoms with E-state index in [2.05, 4.69) is 82.4 Å². The highest BCUT2D eigenvalue weighted by atomic mass is 15.1. The van der Waals surface area contributed by atoms with Gasteiger partial charge < -0.3 is 10.2 Å². The Hall–Kier alpha value is -1.78. The SMILES string of the molecule is CCN(C)CC[n+]1ccc(-c2cc[n+](CCNC)cc2)cc1. The van der Waals surface area contributed by atoms with Crippen molar-refractivity contribution in [2.45, 2.75) is 20.0 Å². The maximum Gasteiger partial charge on any atom is 0.169 e. The van der Waals surface area contributed by atoms with Gasteiger partial charge in [-0.3, -0.25) is 0 Å². The summed E-state index contributed by atoms with van der Waals surface area (Å²) in [5.41, 5.74) is 2.53. The topological polar surface area (TPSA) is 23.0 Å². The molecule has 0 aromatic carbocycles. The molecule has 2 aromatic rings. The fraction of sp³-hybridized carbons (Fsp3) is 0.444. The van der Waals surface area contributed by atoms with E-state index in [0.29, 0.717) is 0 Å². The predicted molar refractivity (Wildman–Crippen MR) is 89.4 cm³/mol. The van der Waals surface area contributed by atoms with E-state index in [-0.39, 0.29) is 0 Å². The Kier molecular flexibility index (Phi) is 6.49. The van der Waals surface area contributed by atoms with Gasteiger partial charge in [0.25, 0.3) is 0 Å². The second-order valence-corrected chi connectivity index (χ2v) is 5.65. The molecule has 0 saturated heterocycles. The minimum absolute atomic E-state index is 0.988. The Morgan fingerprint density at radius 1 is 0.909 bits per heavy atom. The zero-order valence-electron chi connectivity index (χ0n) is 14.0. The van der Waals surface area contributed by atoms with Crippen LogP contribution < -0.4 is 14.5 Å². The monoisotopic (exact) mass is 300 g/mol. The molecule has 0 bridgehead atoms. The third-order valence-corrected chi connectivity index (χ3v) is 4.02. The zero-order chi connectivity index (χ0) is 15.8. The minimum Gasteiger partial charge on any atom is -0.314 e. The Labute approximate surface area is 134 Å². The lowest BCUT2D eigenvalue weighted by Crippen LogP contribution is -2.38. The van der Waals surface area contributed by atoms with Crippen LogP contribution in [0.5, 0.6) is 0 Å². The molecule has 0 amide bonds. The molecule has 1 N–H and O–H groups in total. The van der Waals surface area contributed by atoms with E-state index in [1.165, 1.54) is 11.1 Å². The second kappa shape index (κ2) is 8.61. The molecule has 0 unspecified atom stereocenters. The maximum atomic E-state index is 3.17. The minimum atomic E-state index is 0.988. The fourth-order valence-corrected chi connectivity index (χ4v) is 2.28. The van der Waals surface area contributed by atoms with E-state index < -0.39 is 0 Å². The molecule has 4 heteroatoms. The van der Waals surface area contributed by atoms with Crippen molar-refractivity contribution in [3.8, 4) is 11.1 Å². The highest BCUT2D eigenvalue weighted by Crippen LogP contribution is 2.15. The van der Waals surface area contributed by atoms with E-state index in [4.69, 9.17) is 0 Å². The van der Waals surface area contributed by atoms with Crippen LogP contribution in [0.4, 0.5) is 0 Å². The molecule has 22 heavy (non-hydrogen) atoms. The third kappa shape index (κ3) is 4.90. The summed E-state index contributed by atoms with van der Waals surface area (Å²) >= 11 is 0. The molecule has 0 saturated carbocycles. The summed E-state index contributed by atoms with van der Waals surface area (Å²) in [5.74, 6) is 0. The van der Waals surface area contributed by atoms with Crippen LogP contribution >= 0.6 is 0 Å². The summed E-state index contributed by atoms with van der Waals surface area (Å²) in [5, 5.41) is 3.17. The van der Waals surface area contributed by atoms with Gasteiger partial charge in [0.05, 0.1) is 13.1 Å². The molecular formula is C18H28N4+2. The normalized spacial score (nSPS) is 11.1. The molecule has 0 fully saturated rings. The fourth-order valence-electron chi connectivity index (χ4n) is 2.28. The highest BCUT2D eigenvalue weighted by Gasteiger charge is 2.06. The van der Waals surface area contributed by atoms with Crippen molar-refractivity contribution < 1.29 is 9.13 Å². The van der Waals surface area contributed by atoms with Crippen molar-refractivity contribution in [3.05, 3.63) is 49.1 Å². The Bertz CT molecular complexity index is 548. The van der Waals surface area contributed by atoms with Crippen LogP contribution in [0.25, 0.3) is 11.1 Å². The van der Waals surface area contributed by atoms with Crippen LogP contribution in [0.15, 0.2) is 49.1 Å². The molecular weight excluding hydrogens is 272 g/mol. The number of hydrogen-bond acceptors (Lipinski definition) is 2. The Morgan fingerprint density at radius 3 is 1.86 bits per heavy atom. The van der Waals surface area contributed by atoms with Gasteiger partial charge in [-0.25, -0.2) is 9.13 Å². The molecule has 0 spiro atoms. The van der Waals surface area contributed by atoms with Gasteiger partial charge in [0, 0.05) is 24.3 Å². The van der Waals surface area contributed by atoms with Crippen LogP contribution in [-0.4, -0.2) is 38.6 Å². The first-order valence-corrected chi connectivity index (χ1v) is 8.04. The van der Waals surface area contributed by atoms with Crippen molar-refractivity contribution in [2.75, 3.05) is 33.7 Å². The van der Waals surface area contributed by atoms with Gasteiger partial charge in [-0.2, -0.15) is 0 Å². The van der Waals surface area contributed by atoms with Gasteiger partial charge in [0.15, 0.2) is 37.9 Å². The van der Waals surface area contributed by atoms with Crippen molar-refractivity contribution in [2.24, 2.45) is 0 Å². The van der Waals surface area contributed by atoms with Gasteiger partial charge in [-0.05, 0) is 31.8 Å². The molecule has 0 aliphatic rings. The maximum absolute atomic E-state index is 3.17. The van der Waals surface area contributed by atoms with Crippen molar-refractivity contribution in [1.29, 1.82) is 0 Å². The van der Waals surface area contributed by atoms with Crippen LogP contribution in [0.3, 0.4) is 0 Å². The lowest BCUT2D eigenvalue weighted by Gasteiger charge is -2.10. The summed E-state index contributed by atoms with van der Waals surface area (Å²) in [6, 6.07) is 8.75. The van der Waals surface area contributed by atoms with E-state index >= 15 is 0 Å². The number of nitrogens with zero attached hydrogens (tertiary/aromatic N) is 3. The molecule has 2 rings (SSSR count). The van der Waals surface area contributed by atoms with Gasteiger partial charge in [-0.15, -0.1) is 0 Å². The van der Waals surface area contributed by atoms with E-state index in [9.17, 15) is 0 Å². The molecule has 4 nitrogen and oxygen atoms in total. The number of pyridine rings is 2. The summed E-state index contributed by atoms with van der Waals surface area (Å²) in [7, 11) is 4.13. The van der Waals surface area contributed by atoms with Crippen LogP contribution in [0, 0.1) is 0 Å². The van der Waals surface area contributed by atoms with E-state index in [0.717, 1.165) is 32.7 Å². The standard InChI is InChI=1S/C18H28N4/c1-4-20(3)15-16-22-12-7-18(8-13-22)17-5-10-21(11-6-17)14-9-19-2/h5-8,10-13,19H,4,9,14-16H2,1-3H3/q+2. The first kappa shape index (κ1) is 16.6. The molecule has 0 aliphatic heterocycles. The van der Waals surface area contributed by atoms with Gasteiger partial charge in [0.1, 0.15) is 0 Å². The Balaban J connectivity index is 1.97. The number of nitrogens with one attached hydrogen (secondary N) is 1. The zero-order valence-corrected chi connectivity index (χ0v) is 14.0. The predicted octanol–water partition coefficient (Wildman–Crippen LogP) is 1.10. The van der Waals surface area contributed by atoms with Crippen molar-refractivity contribution in [1.82, 2.24) is 10.2 Å². The average Bonchev–Trinajstić information content (AvgIpc) is 2.58. The molecule has 0 aliphatic carbocycles. The number of rotatable bonds is 8. The van der Waals surface area contributed by atoms with Crippen LogP contribution in [0.2, 0.25) is 0 Å². The lowest BCUT2D eigenvalue weighted by atomic mass is 10.1. The summed E-state index contributed by atoms with van der Waals surface area (Å²) in [6.45, 7) is 7.38. The first-order valence-electron chi connectivity index (χ1n) is 8.04. The first-order chi connectivity index (χ1) is 10.7. The van der Waals surface area contributed by atoms with Crippen LogP contribution in [0.1, 0.15) is 6.92 Å². The number of likely N-dealkylation sites (N-methyl/N-ethyl adjacent to an activating group) is 2. The molecule has 118 valence electrons. The molecule has 0 radical (unpaired) electrons. The summed E-state index contributed by atoms with van der Waals surface area (Å²) in [4.78, 5) is 2.32. The van der Waals surface area contributed by atoms with Gasteiger partial charge in [-0.1, -0.05) is 6.92 Å². The number of hydrogen-bond donors (Lipinski definition) is 1. The smallest absolute Gasteiger partial charge is 0.169 e. The quantitative estimate of drug-likeness (QED) is 0.738. The largest absolute Gasteiger partial charge is 0.314 e. The third-order valence-electron chi connectivity index (χ3n) is 4.02. The van der Waals surface area contributed by atoms with E-state index in [1.54, 1.807) is 0 Å². The van der Waals surface area contributed by atoms with Gasteiger partial charge in [0.2, 0.25) is 0 Å². The summed E-state index contributed by atoms with van der Waals surface area (Å²) in [6.07, 6.45) is 8.62. The van der Waals surface area contributed by atoms with Crippen molar-refractivity contribution >= 4 is 0 Å².